The number of hydrogen-bond donors (Lipinski definition) is 1. The first-order chi connectivity index (χ1) is 8.63. The maximum Gasteiger partial charge on any atom is 0.0772 e. The predicted molar refractivity (Wildman–Crippen MR) is 76.7 cm³/mol. The first kappa shape index (κ1) is 13.9. The fourth-order valence-corrected chi connectivity index (χ4v) is 3.92. The SMILES string of the molecule is CCNC(c1snnc1C)C1CCC(C)C(C)C1. The molecule has 1 saturated carbocycles. The molecule has 0 spiro atoms. The van der Waals surface area contributed by atoms with Gasteiger partial charge in [-0.3, -0.25) is 0 Å². The summed E-state index contributed by atoms with van der Waals surface area (Å²) in [6, 6.07) is 0.463. The second-order valence-corrected chi connectivity index (χ2v) is 6.57. The maximum absolute atomic E-state index is 4.18. The van der Waals surface area contributed by atoms with E-state index in [1.54, 1.807) is 11.5 Å². The number of aryl methyl sites for hydroxylation is 1. The second-order valence-electron chi connectivity index (χ2n) is 5.79. The zero-order valence-electron chi connectivity index (χ0n) is 11.9. The van der Waals surface area contributed by atoms with Gasteiger partial charge in [-0.1, -0.05) is 31.7 Å². The Bertz CT molecular complexity index is 377. The molecule has 1 fully saturated rings. The fraction of sp³-hybridized carbons (Fsp3) is 0.857. The van der Waals surface area contributed by atoms with Crippen LogP contribution in [-0.2, 0) is 0 Å². The summed E-state index contributed by atoms with van der Waals surface area (Å²) in [5.41, 5.74) is 1.11. The standard InChI is InChI=1S/C14H25N3S/c1-5-15-13(14-11(4)16-17-18-14)12-7-6-9(2)10(3)8-12/h9-10,12-13,15H,5-8H2,1-4H3. The molecule has 4 atom stereocenters. The van der Waals surface area contributed by atoms with E-state index >= 15 is 0 Å². The van der Waals surface area contributed by atoms with Gasteiger partial charge in [0, 0.05) is 6.04 Å². The highest BCUT2D eigenvalue weighted by atomic mass is 32.1. The third kappa shape index (κ3) is 2.91. The minimum Gasteiger partial charge on any atom is -0.309 e. The summed E-state index contributed by atoms with van der Waals surface area (Å²) in [5.74, 6) is 2.47. The van der Waals surface area contributed by atoms with Gasteiger partial charge in [0.1, 0.15) is 0 Å². The van der Waals surface area contributed by atoms with Crippen molar-refractivity contribution in [2.24, 2.45) is 17.8 Å². The molecule has 102 valence electrons. The second kappa shape index (κ2) is 6.11. The summed E-state index contributed by atoms with van der Waals surface area (Å²) < 4.78 is 4.11. The molecule has 1 aromatic heterocycles. The van der Waals surface area contributed by atoms with Crippen molar-refractivity contribution in [3.8, 4) is 0 Å². The van der Waals surface area contributed by atoms with Gasteiger partial charge in [-0.05, 0) is 55.6 Å². The molecule has 18 heavy (non-hydrogen) atoms. The summed E-state index contributed by atoms with van der Waals surface area (Å²) in [6.45, 7) is 10.1. The van der Waals surface area contributed by atoms with E-state index in [9.17, 15) is 0 Å². The smallest absolute Gasteiger partial charge is 0.0772 e. The monoisotopic (exact) mass is 267 g/mol. The largest absolute Gasteiger partial charge is 0.309 e. The van der Waals surface area contributed by atoms with Crippen LogP contribution in [0.25, 0.3) is 0 Å². The zero-order chi connectivity index (χ0) is 13.1. The van der Waals surface area contributed by atoms with Gasteiger partial charge in [0.05, 0.1) is 10.6 Å². The molecule has 4 heteroatoms. The van der Waals surface area contributed by atoms with Crippen LogP contribution in [0.15, 0.2) is 0 Å². The summed E-state index contributed by atoms with van der Waals surface area (Å²) in [4.78, 5) is 1.35. The van der Waals surface area contributed by atoms with Gasteiger partial charge in [-0.15, -0.1) is 5.10 Å². The molecule has 1 heterocycles. The average Bonchev–Trinajstić information content (AvgIpc) is 2.76. The van der Waals surface area contributed by atoms with Gasteiger partial charge in [0.2, 0.25) is 0 Å². The Balaban J connectivity index is 2.13. The lowest BCUT2D eigenvalue weighted by Crippen LogP contribution is -2.33. The average molecular weight is 267 g/mol. The fourth-order valence-electron chi connectivity index (χ4n) is 3.11. The Hall–Kier alpha value is -0.480. The molecule has 0 radical (unpaired) electrons. The maximum atomic E-state index is 4.18. The van der Waals surface area contributed by atoms with Crippen LogP contribution in [0, 0.1) is 24.7 Å². The van der Waals surface area contributed by atoms with Crippen LogP contribution in [0.2, 0.25) is 0 Å². The molecular formula is C14H25N3S. The Labute approximate surface area is 115 Å². The normalized spacial score (nSPS) is 30.3. The van der Waals surface area contributed by atoms with Crippen LogP contribution >= 0.6 is 11.5 Å². The van der Waals surface area contributed by atoms with Crippen molar-refractivity contribution in [2.45, 2.75) is 53.0 Å². The van der Waals surface area contributed by atoms with Gasteiger partial charge < -0.3 is 5.32 Å². The molecule has 1 aromatic rings. The quantitative estimate of drug-likeness (QED) is 0.906. The molecule has 3 nitrogen and oxygen atoms in total. The zero-order valence-corrected chi connectivity index (χ0v) is 12.8. The Morgan fingerprint density at radius 2 is 2.11 bits per heavy atom. The van der Waals surface area contributed by atoms with Crippen LogP contribution in [0.3, 0.4) is 0 Å². The lowest BCUT2D eigenvalue weighted by Gasteiger charge is -2.36. The molecule has 1 aliphatic rings. The molecular weight excluding hydrogens is 242 g/mol. The molecule has 0 aliphatic heterocycles. The van der Waals surface area contributed by atoms with E-state index in [-0.39, 0.29) is 0 Å². The highest BCUT2D eigenvalue weighted by Crippen LogP contribution is 2.41. The molecule has 1 aliphatic carbocycles. The van der Waals surface area contributed by atoms with Gasteiger partial charge in [-0.25, -0.2) is 0 Å². The van der Waals surface area contributed by atoms with E-state index in [2.05, 4.69) is 42.6 Å². The first-order valence-corrected chi connectivity index (χ1v) is 7.93. The van der Waals surface area contributed by atoms with Crippen molar-refractivity contribution in [2.75, 3.05) is 6.54 Å². The third-order valence-electron chi connectivity index (χ3n) is 4.50. The van der Waals surface area contributed by atoms with E-state index in [4.69, 9.17) is 0 Å². The minimum absolute atomic E-state index is 0.463. The Morgan fingerprint density at radius 1 is 1.33 bits per heavy atom. The van der Waals surface area contributed by atoms with Crippen molar-refractivity contribution >= 4 is 11.5 Å². The molecule has 2 rings (SSSR count). The highest BCUT2D eigenvalue weighted by Gasteiger charge is 2.32. The summed E-state index contributed by atoms with van der Waals surface area (Å²) in [6.07, 6.45) is 4.02. The molecule has 0 amide bonds. The molecule has 1 N–H and O–H groups in total. The lowest BCUT2D eigenvalue weighted by atomic mass is 9.73. The van der Waals surface area contributed by atoms with Crippen LogP contribution < -0.4 is 5.32 Å². The minimum atomic E-state index is 0.463. The van der Waals surface area contributed by atoms with Crippen LogP contribution in [-0.4, -0.2) is 16.1 Å². The summed E-state index contributed by atoms with van der Waals surface area (Å²) in [7, 11) is 0. The predicted octanol–water partition coefficient (Wildman–Crippen LogP) is 3.57. The topological polar surface area (TPSA) is 37.8 Å². The molecule has 4 unspecified atom stereocenters. The van der Waals surface area contributed by atoms with Crippen molar-refractivity contribution in [1.82, 2.24) is 14.9 Å². The van der Waals surface area contributed by atoms with E-state index in [0.29, 0.717) is 6.04 Å². The number of nitrogens with one attached hydrogen (secondary N) is 1. The van der Waals surface area contributed by atoms with Gasteiger partial charge >= 0.3 is 0 Å². The Kier molecular flexibility index (Phi) is 4.73. The molecule has 0 aromatic carbocycles. The number of aromatic nitrogens is 2. The molecule has 0 bridgehead atoms. The van der Waals surface area contributed by atoms with Crippen LogP contribution in [0.5, 0.6) is 0 Å². The van der Waals surface area contributed by atoms with Crippen LogP contribution in [0.1, 0.15) is 56.6 Å². The third-order valence-corrected chi connectivity index (χ3v) is 5.41. The van der Waals surface area contributed by atoms with Crippen molar-refractivity contribution < 1.29 is 0 Å². The van der Waals surface area contributed by atoms with E-state index in [0.717, 1.165) is 30.0 Å². The summed E-state index contributed by atoms with van der Waals surface area (Å²) in [5, 5.41) is 7.84. The van der Waals surface area contributed by atoms with Gasteiger partial charge in [0.25, 0.3) is 0 Å². The van der Waals surface area contributed by atoms with Gasteiger partial charge in [-0.2, -0.15) is 0 Å². The van der Waals surface area contributed by atoms with Crippen molar-refractivity contribution in [3.63, 3.8) is 0 Å². The van der Waals surface area contributed by atoms with Crippen molar-refractivity contribution in [3.05, 3.63) is 10.6 Å². The van der Waals surface area contributed by atoms with E-state index in [1.165, 1.54) is 24.1 Å². The van der Waals surface area contributed by atoms with E-state index < -0.39 is 0 Å². The molecule has 0 saturated heterocycles. The summed E-state index contributed by atoms with van der Waals surface area (Å²) >= 11 is 1.57. The van der Waals surface area contributed by atoms with Crippen LogP contribution in [0.4, 0.5) is 0 Å². The first-order valence-electron chi connectivity index (χ1n) is 7.15. The van der Waals surface area contributed by atoms with Crippen molar-refractivity contribution in [1.29, 1.82) is 0 Å². The van der Waals surface area contributed by atoms with E-state index in [1.807, 2.05) is 0 Å². The highest BCUT2D eigenvalue weighted by molar-refractivity contribution is 7.05. The number of hydrogen-bond acceptors (Lipinski definition) is 4. The number of rotatable bonds is 4. The number of nitrogens with zero attached hydrogens (tertiary/aromatic N) is 2. The lowest BCUT2D eigenvalue weighted by molar-refractivity contribution is 0.173. The Morgan fingerprint density at radius 3 is 2.67 bits per heavy atom. The van der Waals surface area contributed by atoms with Gasteiger partial charge in [0.15, 0.2) is 0 Å².